The number of carbonyl (C=O) groups is 3. The zero-order valence-electron chi connectivity index (χ0n) is 22.4. The summed E-state index contributed by atoms with van der Waals surface area (Å²) in [4.78, 5) is 53.9. The van der Waals surface area contributed by atoms with Gasteiger partial charge in [0, 0.05) is 41.2 Å². The second kappa shape index (κ2) is 12.9. The number of hydrogen-bond acceptors (Lipinski definition) is 7. The summed E-state index contributed by atoms with van der Waals surface area (Å²) >= 11 is 0. The van der Waals surface area contributed by atoms with E-state index in [1.54, 1.807) is 24.3 Å². The first kappa shape index (κ1) is 28.9. The number of likely N-dealkylation sites (tertiary alicyclic amines) is 1. The molecule has 2 unspecified atom stereocenters. The zero-order chi connectivity index (χ0) is 29.5. The summed E-state index contributed by atoms with van der Waals surface area (Å²) in [5, 5.41) is 11.4. The number of Topliss-reactive ketones (excluding diaryl/α,β-unsaturated/α-hetero) is 1. The molecule has 1 N–H and O–H groups in total. The van der Waals surface area contributed by atoms with E-state index in [1.807, 2.05) is 19.9 Å². The lowest BCUT2D eigenvalue weighted by Gasteiger charge is -2.22. The van der Waals surface area contributed by atoms with Crippen molar-refractivity contribution in [2.45, 2.75) is 39.0 Å². The monoisotopic (exact) mass is 561 g/mol. The smallest absolute Gasteiger partial charge is 0.410 e. The summed E-state index contributed by atoms with van der Waals surface area (Å²) in [7, 11) is 0. The van der Waals surface area contributed by atoms with Crippen LogP contribution in [0.4, 0.5) is 14.9 Å². The van der Waals surface area contributed by atoms with Gasteiger partial charge in [-0.15, -0.1) is 0 Å². The van der Waals surface area contributed by atoms with Crippen molar-refractivity contribution in [1.82, 2.24) is 9.88 Å². The lowest BCUT2D eigenvalue weighted by Crippen LogP contribution is -2.41. The van der Waals surface area contributed by atoms with Crippen LogP contribution in [0.3, 0.4) is 0 Å². The van der Waals surface area contributed by atoms with Crippen LogP contribution in [0.1, 0.15) is 46.5 Å². The molecule has 5 rings (SSSR count). The fraction of sp³-hybridized carbons (Fsp3) is 0.233. The Bertz CT molecular complexity index is 1550. The predicted molar refractivity (Wildman–Crippen MR) is 148 cm³/mol. The summed E-state index contributed by atoms with van der Waals surface area (Å²) in [5.41, 5.74) is 1.36. The number of non-ortho nitro benzene ring substituents is 1. The summed E-state index contributed by atoms with van der Waals surface area (Å²) in [5.74, 6) is -1.63. The van der Waals surface area contributed by atoms with Crippen molar-refractivity contribution >= 4 is 34.4 Å². The molecular weight excluding hydrogens is 533 g/mol. The first-order valence-electron chi connectivity index (χ1n) is 13.0. The number of benzene rings is 3. The van der Waals surface area contributed by atoms with Crippen LogP contribution in [-0.2, 0) is 16.1 Å². The van der Waals surface area contributed by atoms with E-state index in [4.69, 9.17) is 9.47 Å². The molecule has 1 aromatic heterocycles. The molecule has 0 spiro atoms. The van der Waals surface area contributed by atoms with Gasteiger partial charge >= 0.3 is 12.1 Å². The van der Waals surface area contributed by atoms with E-state index < -0.39 is 40.7 Å². The van der Waals surface area contributed by atoms with Gasteiger partial charge in [-0.3, -0.25) is 19.8 Å². The minimum absolute atomic E-state index is 0.00581. The lowest BCUT2D eigenvalue weighted by molar-refractivity contribution is -0.384. The maximum Gasteiger partial charge on any atom is 0.410 e. The lowest BCUT2D eigenvalue weighted by atomic mass is 10.0. The van der Waals surface area contributed by atoms with E-state index >= 15 is 0 Å². The molecule has 3 aromatic carbocycles. The van der Waals surface area contributed by atoms with Crippen molar-refractivity contribution in [2.24, 2.45) is 0 Å². The number of H-pyrrole nitrogens is 1. The molecule has 2 atom stereocenters. The van der Waals surface area contributed by atoms with E-state index in [0.717, 1.165) is 5.56 Å². The van der Waals surface area contributed by atoms with Gasteiger partial charge in [-0.25, -0.2) is 14.0 Å². The van der Waals surface area contributed by atoms with Gasteiger partial charge < -0.3 is 14.5 Å². The second-order valence-electron chi connectivity index (χ2n) is 9.03. The van der Waals surface area contributed by atoms with Gasteiger partial charge in [-0.1, -0.05) is 44.2 Å². The summed E-state index contributed by atoms with van der Waals surface area (Å²) in [6, 6.07) is 16.9. The van der Waals surface area contributed by atoms with Crippen molar-refractivity contribution in [2.75, 3.05) is 6.54 Å². The van der Waals surface area contributed by atoms with Crippen LogP contribution in [0.15, 0.2) is 79.0 Å². The van der Waals surface area contributed by atoms with Crippen molar-refractivity contribution in [3.63, 3.8) is 0 Å². The van der Waals surface area contributed by atoms with Crippen molar-refractivity contribution < 1.29 is 33.2 Å². The topological polar surface area (TPSA) is 132 Å². The van der Waals surface area contributed by atoms with E-state index in [-0.39, 0.29) is 36.4 Å². The fourth-order valence-electron chi connectivity index (χ4n) is 4.56. The quantitative estimate of drug-likeness (QED) is 0.126. The van der Waals surface area contributed by atoms with Gasteiger partial charge in [0.2, 0.25) is 0 Å². The van der Waals surface area contributed by atoms with Gasteiger partial charge in [0.25, 0.3) is 5.69 Å². The van der Waals surface area contributed by atoms with Crippen molar-refractivity contribution in [1.29, 1.82) is 0 Å². The number of rotatable bonds is 7. The molecule has 10 nitrogen and oxygen atoms in total. The Morgan fingerprint density at radius 1 is 1.05 bits per heavy atom. The van der Waals surface area contributed by atoms with E-state index in [9.17, 15) is 28.9 Å². The predicted octanol–water partition coefficient (Wildman–Crippen LogP) is 6.06. The number of ether oxygens (including phenoxy) is 2. The van der Waals surface area contributed by atoms with E-state index in [1.165, 1.54) is 53.6 Å². The third kappa shape index (κ3) is 6.57. The average molecular weight is 562 g/mol. The van der Waals surface area contributed by atoms with Gasteiger partial charge in [-0.05, 0) is 35.9 Å². The highest BCUT2D eigenvalue weighted by molar-refractivity contribution is 6.11. The molecular formula is C30H28FN3O7. The molecule has 11 heteroatoms. The molecule has 41 heavy (non-hydrogen) atoms. The standard InChI is InChI=1S/C28H22FN3O7.C2H6/c29-19-8-11-22-23(14-30-24(22)12-19)26(33)25-13-21(39-27(34)18-6-9-20(10-7-18)32(36)37)15-31(25)28(35)38-16-17-4-2-1-3-5-17;1-2/h1-12,14,21,25,30H,13,15-16H2;1-2H3. The molecule has 4 aromatic rings. The first-order chi connectivity index (χ1) is 19.8. The molecule has 0 radical (unpaired) electrons. The van der Waals surface area contributed by atoms with Gasteiger partial charge in [0.15, 0.2) is 5.78 Å². The van der Waals surface area contributed by atoms with E-state index in [2.05, 4.69) is 4.98 Å². The number of nitrogens with zero attached hydrogens (tertiary/aromatic N) is 2. The second-order valence-corrected chi connectivity index (χ2v) is 9.03. The third-order valence-electron chi connectivity index (χ3n) is 6.50. The molecule has 212 valence electrons. The molecule has 2 heterocycles. The van der Waals surface area contributed by atoms with Crippen LogP contribution in [0, 0.1) is 15.9 Å². The average Bonchev–Trinajstić information content (AvgIpc) is 3.61. The summed E-state index contributed by atoms with van der Waals surface area (Å²) in [6.07, 6.45) is -0.132. The number of nitro benzene ring substituents is 1. The summed E-state index contributed by atoms with van der Waals surface area (Å²) < 4.78 is 24.7. The molecule has 1 aliphatic rings. The Labute approximate surface area is 234 Å². The molecule has 0 aliphatic carbocycles. The third-order valence-corrected chi connectivity index (χ3v) is 6.50. The molecule has 1 aliphatic heterocycles. The number of esters is 1. The van der Waals surface area contributed by atoms with Crippen LogP contribution < -0.4 is 0 Å². The van der Waals surface area contributed by atoms with E-state index in [0.29, 0.717) is 10.9 Å². The molecule has 0 bridgehead atoms. The largest absolute Gasteiger partial charge is 0.457 e. The van der Waals surface area contributed by atoms with Gasteiger partial charge in [0.1, 0.15) is 24.6 Å². The fourth-order valence-corrected chi connectivity index (χ4v) is 4.56. The van der Waals surface area contributed by atoms with Crippen LogP contribution in [-0.4, -0.2) is 51.3 Å². The van der Waals surface area contributed by atoms with Crippen LogP contribution in [0.2, 0.25) is 0 Å². The number of aromatic nitrogens is 1. The molecule has 0 saturated carbocycles. The number of halogens is 1. The summed E-state index contributed by atoms with van der Waals surface area (Å²) in [6.45, 7) is 3.89. The maximum absolute atomic E-state index is 13.7. The number of fused-ring (bicyclic) bond motifs is 1. The number of nitro groups is 1. The Kier molecular flexibility index (Phi) is 9.08. The van der Waals surface area contributed by atoms with Gasteiger partial charge in [-0.2, -0.15) is 0 Å². The highest BCUT2D eigenvalue weighted by Crippen LogP contribution is 2.29. The SMILES string of the molecule is CC.O=C(OC1CC(C(=O)c2c[nH]c3cc(F)ccc23)N(C(=O)OCc2ccccc2)C1)c1ccc([N+](=O)[O-])cc1. The molecule has 1 saturated heterocycles. The Morgan fingerprint density at radius 2 is 1.76 bits per heavy atom. The number of hydrogen-bond donors (Lipinski definition) is 1. The van der Waals surface area contributed by atoms with Crippen LogP contribution in [0.25, 0.3) is 10.9 Å². The van der Waals surface area contributed by atoms with Crippen molar-refractivity contribution in [3.05, 3.63) is 112 Å². The first-order valence-corrected chi connectivity index (χ1v) is 13.0. The zero-order valence-corrected chi connectivity index (χ0v) is 22.4. The Balaban J connectivity index is 0.00000189. The number of carbonyl (C=O) groups excluding carboxylic acids is 3. The highest BCUT2D eigenvalue weighted by Gasteiger charge is 2.43. The number of amides is 1. The molecule has 1 fully saturated rings. The number of aromatic amines is 1. The number of ketones is 1. The molecule has 1 amide bonds. The van der Waals surface area contributed by atoms with Crippen molar-refractivity contribution in [3.8, 4) is 0 Å². The minimum Gasteiger partial charge on any atom is -0.457 e. The van der Waals surface area contributed by atoms with Gasteiger partial charge in [0.05, 0.1) is 17.0 Å². The van der Waals surface area contributed by atoms with Crippen LogP contribution in [0.5, 0.6) is 0 Å². The van der Waals surface area contributed by atoms with Crippen LogP contribution >= 0.6 is 0 Å². The number of nitrogens with one attached hydrogen (secondary N) is 1. The highest BCUT2D eigenvalue weighted by atomic mass is 19.1. The Hall–Kier alpha value is -5.06. The minimum atomic E-state index is -1.01. The maximum atomic E-state index is 13.7. The Morgan fingerprint density at radius 3 is 2.44 bits per heavy atom. The normalized spacial score (nSPS) is 16.0.